The van der Waals surface area contributed by atoms with E-state index in [4.69, 9.17) is 9.05 Å². The number of nitrogens with zero attached hydrogens (tertiary/aromatic N) is 3. The molecule has 1 aliphatic rings. The molecule has 1 fully saturated rings. The Balaban J connectivity index is 1.46. The molecule has 2 aromatic heterocycles. The first-order valence-electron chi connectivity index (χ1n) is 8.07. The van der Waals surface area contributed by atoms with Crippen LogP contribution in [-0.2, 0) is 6.42 Å². The van der Waals surface area contributed by atoms with Crippen molar-refractivity contribution in [2.45, 2.75) is 25.2 Å². The molecular formula is C17H16N4O4. The Kier molecular flexibility index (Phi) is 3.93. The summed E-state index contributed by atoms with van der Waals surface area (Å²) in [5.74, 6) is 1.02. The topological polar surface area (TPSA) is 114 Å². The van der Waals surface area contributed by atoms with E-state index in [1.165, 1.54) is 0 Å². The van der Waals surface area contributed by atoms with Crippen LogP contribution in [0, 0.1) is 0 Å². The van der Waals surface area contributed by atoms with E-state index in [1.54, 1.807) is 12.1 Å². The normalized spacial score (nSPS) is 13.8. The van der Waals surface area contributed by atoms with Crippen LogP contribution in [0.5, 0.6) is 0 Å². The molecule has 4 rings (SSSR count). The number of nitrogens with one attached hydrogen (secondary N) is 1. The Morgan fingerprint density at radius 3 is 2.72 bits per heavy atom. The Morgan fingerprint density at radius 1 is 1.20 bits per heavy atom. The number of anilines is 1. The largest absolute Gasteiger partial charge is 0.477 e. The van der Waals surface area contributed by atoms with Gasteiger partial charge in [-0.1, -0.05) is 40.6 Å². The third kappa shape index (κ3) is 3.23. The molecule has 0 aliphatic heterocycles. The predicted octanol–water partition coefficient (Wildman–Crippen LogP) is 2.95. The molecule has 0 atom stereocenters. The van der Waals surface area contributed by atoms with E-state index in [9.17, 15) is 9.90 Å². The summed E-state index contributed by atoms with van der Waals surface area (Å²) in [5, 5.41) is 20.3. The molecule has 0 radical (unpaired) electrons. The van der Waals surface area contributed by atoms with E-state index < -0.39 is 5.97 Å². The molecule has 8 nitrogen and oxygen atoms in total. The predicted molar refractivity (Wildman–Crippen MR) is 87.4 cm³/mol. The zero-order valence-corrected chi connectivity index (χ0v) is 13.3. The lowest BCUT2D eigenvalue weighted by Crippen LogP contribution is -2.10. The fourth-order valence-corrected chi connectivity index (χ4v) is 2.55. The average molecular weight is 340 g/mol. The Labute approximate surface area is 142 Å². The van der Waals surface area contributed by atoms with E-state index >= 15 is 0 Å². The number of aromatic nitrogens is 3. The summed E-state index contributed by atoms with van der Waals surface area (Å²) in [6.45, 7) is 0.421. The second kappa shape index (κ2) is 6.39. The zero-order valence-electron chi connectivity index (χ0n) is 13.3. The van der Waals surface area contributed by atoms with Crippen molar-refractivity contribution >= 4 is 11.8 Å². The number of carboxylic acid groups (broad SMARTS) is 1. The summed E-state index contributed by atoms with van der Waals surface area (Å²) in [4.78, 5) is 16.0. The van der Waals surface area contributed by atoms with Crippen LogP contribution < -0.4 is 5.32 Å². The lowest BCUT2D eigenvalue weighted by Gasteiger charge is -2.02. The number of carbonyl (C=O) groups is 1. The summed E-state index contributed by atoms with van der Waals surface area (Å²) >= 11 is 0. The molecular weight excluding hydrogens is 324 g/mol. The smallest absolute Gasteiger partial charge is 0.343 e. The van der Waals surface area contributed by atoms with Gasteiger partial charge in [0, 0.05) is 24.4 Å². The van der Waals surface area contributed by atoms with Gasteiger partial charge in [-0.25, -0.2) is 4.79 Å². The molecule has 2 N–H and O–H groups in total. The van der Waals surface area contributed by atoms with Crippen molar-refractivity contribution in [2.75, 3.05) is 11.9 Å². The van der Waals surface area contributed by atoms with Crippen LogP contribution in [0.25, 0.3) is 11.3 Å². The number of hydrogen-bond donors (Lipinski definition) is 2. The van der Waals surface area contributed by atoms with Gasteiger partial charge < -0.3 is 19.5 Å². The maximum atomic E-state index is 11.6. The lowest BCUT2D eigenvalue weighted by atomic mass is 10.1. The van der Waals surface area contributed by atoms with Gasteiger partial charge in [-0.15, -0.1) is 0 Å². The van der Waals surface area contributed by atoms with Crippen molar-refractivity contribution in [3.63, 3.8) is 0 Å². The van der Waals surface area contributed by atoms with Crippen molar-refractivity contribution in [1.82, 2.24) is 15.3 Å². The molecule has 0 saturated heterocycles. The van der Waals surface area contributed by atoms with Crippen LogP contribution in [0.1, 0.15) is 40.8 Å². The van der Waals surface area contributed by atoms with Gasteiger partial charge in [0.15, 0.2) is 23.0 Å². The average Bonchev–Trinajstić information content (AvgIpc) is 3.21. The summed E-state index contributed by atoms with van der Waals surface area (Å²) in [6, 6.07) is 9.01. The van der Waals surface area contributed by atoms with Crippen LogP contribution in [0.4, 0.5) is 5.82 Å². The van der Waals surface area contributed by atoms with Gasteiger partial charge in [0.1, 0.15) is 0 Å². The zero-order chi connectivity index (χ0) is 17.2. The van der Waals surface area contributed by atoms with Crippen molar-refractivity contribution in [3.05, 3.63) is 47.6 Å². The van der Waals surface area contributed by atoms with E-state index in [2.05, 4.69) is 20.6 Å². The Hall–Kier alpha value is -3.16. The highest BCUT2D eigenvalue weighted by Gasteiger charge is 2.29. The van der Waals surface area contributed by atoms with Crippen LogP contribution in [0.2, 0.25) is 0 Å². The quantitative estimate of drug-likeness (QED) is 0.674. The van der Waals surface area contributed by atoms with Gasteiger partial charge in [-0.05, 0) is 12.8 Å². The van der Waals surface area contributed by atoms with Crippen molar-refractivity contribution in [2.24, 2.45) is 0 Å². The van der Waals surface area contributed by atoms with Gasteiger partial charge in [0.25, 0.3) is 0 Å². The maximum Gasteiger partial charge on any atom is 0.343 e. The van der Waals surface area contributed by atoms with Gasteiger partial charge >= 0.3 is 5.97 Å². The summed E-state index contributed by atoms with van der Waals surface area (Å²) in [6.07, 6.45) is 2.70. The minimum Gasteiger partial charge on any atom is -0.477 e. The van der Waals surface area contributed by atoms with E-state index in [1.807, 2.05) is 18.2 Å². The summed E-state index contributed by atoms with van der Waals surface area (Å²) in [5.41, 5.74) is 0.672. The first-order chi connectivity index (χ1) is 12.2. The molecule has 8 heteroatoms. The fourth-order valence-electron chi connectivity index (χ4n) is 2.55. The minimum atomic E-state index is -1.10. The number of rotatable bonds is 7. The van der Waals surface area contributed by atoms with Gasteiger partial charge in [0.05, 0.1) is 0 Å². The SMILES string of the molecule is O=C(O)c1c(NCCc2noc(C3CC3)n2)noc1-c1ccccc1. The van der Waals surface area contributed by atoms with Gasteiger partial charge in [0.2, 0.25) is 5.89 Å². The number of aromatic carboxylic acids is 1. The third-order valence-electron chi connectivity index (χ3n) is 3.99. The molecule has 0 unspecified atom stereocenters. The number of benzene rings is 1. The molecule has 1 aliphatic carbocycles. The van der Waals surface area contributed by atoms with Gasteiger partial charge in [-0.2, -0.15) is 4.98 Å². The second-order valence-corrected chi connectivity index (χ2v) is 5.91. The number of carboxylic acids is 1. The molecule has 25 heavy (non-hydrogen) atoms. The van der Waals surface area contributed by atoms with Crippen LogP contribution >= 0.6 is 0 Å². The molecule has 2 heterocycles. The van der Waals surface area contributed by atoms with Crippen molar-refractivity contribution in [3.8, 4) is 11.3 Å². The highest BCUT2D eigenvalue weighted by molar-refractivity contribution is 5.99. The highest BCUT2D eigenvalue weighted by atomic mass is 16.5. The molecule has 3 aromatic rings. The first kappa shape index (κ1) is 15.4. The second-order valence-electron chi connectivity index (χ2n) is 5.91. The molecule has 0 spiro atoms. The first-order valence-corrected chi connectivity index (χ1v) is 8.07. The standard InChI is InChI=1S/C17H16N4O4/c22-17(23)13-14(10-4-2-1-3-5-10)24-21-15(13)18-9-8-12-19-16(25-20-12)11-6-7-11/h1-5,11H,6-9H2,(H,18,21)(H,22,23). The molecule has 0 amide bonds. The fraction of sp³-hybridized carbons (Fsp3) is 0.294. The monoisotopic (exact) mass is 340 g/mol. The summed E-state index contributed by atoms with van der Waals surface area (Å²) in [7, 11) is 0. The maximum absolute atomic E-state index is 11.6. The van der Waals surface area contributed by atoms with Gasteiger partial charge in [-0.3, -0.25) is 0 Å². The summed E-state index contributed by atoms with van der Waals surface area (Å²) < 4.78 is 10.4. The molecule has 128 valence electrons. The van der Waals surface area contributed by atoms with E-state index in [-0.39, 0.29) is 17.1 Å². The van der Waals surface area contributed by atoms with Crippen LogP contribution in [0.3, 0.4) is 0 Å². The Bertz CT molecular complexity index is 883. The molecule has 1 saturated carbocycles. The minimum absolute atomic E-state index is 0.0120. The molecule has 0 bridgehead atoms. The number of hydrogen-bond acceptors (Lipinski definition) is 7. The van der Waals surface area contributed by atoms with Crippen LogP contribution in [0.15, 0.2) is 39.4 Å². The highest BCUT2D eigenvalue weighted by Crippen LogP contribution is 2.38. The van der Waals surface area contributed by atoms with E-state index in [0.29, 0.717) is 36.2 Å². The van der Waals surface area contributed by atoms with E-state index in [0.717, 1.165) is 12.8 Å². The van der Waals surface area contributed by atoms with Crippen molar-refractivity contribution < 1.29 is 18.9 Å². The van der Waals surface area contributed by atoms with Crippen molar-refractivity contribution in [1.29, 1.82) is 0 Å². The third-order valence-corrected chi connectivity index (χ3v) is 3.99. The lowest BCUT2D eigenvalue weighted by molar-refractivity contribution is 0.0698. The Morgan fingerprint density at radius 2 is 2.00 bits per heavy atom. The molecule has 1 aromatic carbocycles. The van der Waals surface area contributed by atoms with Crippen LogP contribution in [-0.4, -0.2) is 32.9 Å².